The highest BCUT2D eigenvalue weighted by Crippen LogP contribution is 2.07. The van der Waals surface area contributed by atoms with E-state index in [4.69, 9.17) is 4.74 Å². The van der Waals surface area contributed by atoms with Gasteiger partial charge in [-0.1, -0.05) is 22.6 Å². The van der Waals surface area contributed by atoms with Crippen molar-refractivity contribution in [1.82, 2.24) is 0 Å². The number of alkyl halides is 1. The molecule has 0 bridgehead atoms. The largest absolute Gasteiger partial charge is 0.473 e. The number of halogens is 1. The highest BCUT2D eigenvalue weighted by Gasteiger charge is 1.93. The molecule has 0 fully saturated rings. The maximum absolute atomic E-state index is 4.77. The van der Waals surface area contributed by atoms with Crippen molar-refractivity contribution in [3.63, 3.8) is 0 Å². The molecule has 0 amide bonds. The van der Waals surface area contributed by atoms with Crippen molar-refractivity contribution in [3.05, 3.63) is 24.7 Å². The van der Waals surface area contributed by atoms with Crippen LogP contribution in [-0.4, -0.2) is 3.92 Å². The maximum Gasteiger partial charge on any atom is 0.0875 e. The summed E-state index contributed by atoms with van der Waals surface area (Å²) < 4.78 is 5.29. The van der Waals surface area contributed by atoms with Crippen LogP contribution in [0.1, 0.15) is 0 Å². The number of hydrogen-bond acceptors (Lipinski definition) is 1. The fourth-order valence-corrected chi connectivity index (χ4v) is 0.689. The SMILES string of the molecule is IC1C=COC=C1. The van der Waals surface area contributed by atoms with E-state index in [2.05, 4.69) is 22.6 Å². The van der Waals surface area contributed by atoms with Gasteiger partial charge in [-0.3, -0.25) is 0 Å². The highest BCUT2D eigenvalue weighted by atomic mass is 127. The van der Waals surface area contributed by atoms with Crippen LogP contribution in [0.4, 0.5) is 0 Å². The summed E-state index contributed by atoms with van der Waals surface area (Å²) >= 11 is 2.30. The summed E-state index contributed by atoms with van der Waals surface area (Å²) in [6.07, 6.45) is 7.36. The molecule has 0 aliphatic carbocycles. The molecule has 0 aromatic carbocycles. The smallest absolute Gasteiger partial charge is 0.0875 e. The Morgan fingerprint density at radius 3 is 2.14 bits per heavy atom. The first-order chi connectivity index (χ1) is 3.39. The zero-order chi connectivity index (χ0) is 5.11. The Morgan fingerprint density at radius 2 is 1.86 bits per heavy atom. The molecular formula is C5H5IO. The van der Waals surface area contributed by atoms with Gasteiger partial charge in [-0.05, 0) is 12.2 Å². The summed E-state index contributed by atoms with van der Waals surface area (Å²) in [5.74, 6) is 0. The molecule has 0 N–H and O–H groups in total. The molecule has 0 saturated carbocycles. The van der Waals surface area contributed by atoms with Gasteiger partial charge in [-0.25, -0.2) is 0 Å². The quantitative estimate of drug-likeness (QED) is 0.436. The lowest BCUT2D eigenvalue weighted by Crippen LogP contribution is -1.89. The maximum atomic E-state index is 4.77. The molecule has 1 aliphatic heterocycles. The van der Waals surface area contributed by atoms with E-state index in [0.29, 0.717) is 3.92 Å². The third-order valence-corrected chi connectivity index (χ3v) is 1.51. The van der Waals surface area contributed by atoms with Gasteiger partial charge in [0.25, 0.3) is 0 Å². The van der Waals surface area contributed by atoms with Crippen LogP contribution >= 0.6 is 22.6 Å². The van der Waals surface area contributed by atoms with Gasteiger partial charge < -0.3 is 4.74 Å². The van der Waals surface area contributed by atoms with Gasteiger partial charge in [-0.2, -0.15) is 0 Å². The van der Waals surface area contributed by atoms with Crippen LogP contribution in [-0.2, 0) is 4.74 Å². The third-order valence-electron chi connectivity index (χ3n) is 0.682. The van der Waals surface area contributed by atoms with Crippen molar-refractivity contribution < 1.29 is 4.74 Å². The Bertz CT molecular complexity index is 94.6. The fraction of sp³-hybridized carbons (Fsp3) is 0.200. The Kier molecular flexibility index (Phi) is 1.73. The molecule has 0 spiro atoms. The lowest BCUT2D eigenvalue weighted by atomic mass is 10.4. The minimum Gasteiger partial charge on any atom is -0.473 e. The molecule has 0 unspecified atom stereocenters. The molecule has 0 saturated heterocycles. The first-order valence-electron chi connectivity index (χ1n) is 2.02. The topological polar surface area (TPSA) is 9.23 Å². The fourth-order valence-electron chi connectivity index (χ4n) is 0.350. The second-order valence-corrected chi connectivity index (χ2v) is 2.68. The van der Waals surface area contributed by atoms with Crippen molar-refractivity contribution in [2.75, 3.05) is 0 Å². The van der Waals surface area contributed by atoms with E-state index >= 15 is 0 Å². The van der Waals surface area contributed by atoms with E-state index in [-0.39, 0.29) is 0 Å². The van der Waals surface area contributed by atoms with Crippen molar-refractivity contribution in [2.24, 2.45) is 0 Å². The second-order valence-electron chi connectivity index (χ2n) is 1.24. The van der Waals surface area contributed by atoms with Crippen LogP contribution in [0.15, 0.2) is 24.7 Å². The summed E-state index contributed by atoms with van der Waals surface area (Å²) in [5, 5.41) is 0. The Labute approximate surface area is 56.2 Å². The molecule has 0 aromatic heterocycles. The molecule has 1 nitrogen and oxygen atoms in total. The van der Waals surface area contributed by atoms with E-state index in [0.717, 1.165) is 0 Å². The van der Waals surface area contributed by atoms with Crippen LogP contribution in [0.5, 0.6) is 0 Å². The molecule has 0 aromatic rings. The zero-order valence-electron chi connectivity index (χ0n) is 3.67. The molecule has 1 rings (SSSR count). The molecule has 0 radical (unpaired) electrons. The van der Waals surface area contributed by atoms with Crippen LogP contribution in [0.3, 0.4) is 0 Å². The standard InChI is InChI=1S/C5H5IO/c6-5-1-3-7-4-2-5/h1-5H. The van der Waals surface area contributed by atoms with Crippen molar-refractivity contribution in [2.45, 2.75) is 3.92 Å². The molecule has 0 atom stereocenters. The van der Waals surface area contributed by atoms with E-state index in [1.807, 2.05) is 12.2 Å². The van der Waals surface area contributed by atoms with Crippen LogP contribution in [0.2, 0.25) is 0 Å². The van der Waals surface area contributed by atoms with Gasteiger partial charge >= 0.3 is 0 Å². The van der Waals surface area contributed by atoms with E-state index < -0.39 is 0 Å². The summed E-state index contributed by atoms with van der Waals surface area (Å²) in [5.41, 5.74) is 0. The average Bonchev–Trinajstić information content (AvgIpc) is 1.69. The number of ether oxygens (including phenoxy) is 1. The summed E-state index contributed by atoms with van der Waals surface area (Å²) in [6, 6.07) is 0. The Morgan fingerprint density at radius 1 is 1.29 bits per heavy atom. The lowest BCUT2D eigenvalue weighted by molar-refractivity contribution is 0.395. The van der Waals surface area contributed by atoms with Gasteiger partial charge in [-0.15, -0.1) is 0 Å². The summed E-state index contributed by atoms with van der Waals surface area (Å²) in [7, 11) is 0. The minimum absolute atomic E-state index is 0.520. The lowest BCUT2D eigenvalue weighted by Gasteiger charge is -1.99. The Hall–Kier alpha value is 0.01000. The molecular weight excluding hydrogens is 203 g/mol. The van der Waals surface area contributed by atoms with Gasteiger partial charge in [0.2, 0.25) is 0 Å². The van der Waals surface area contributed by atoms with Crippen LogP contribution < -0.4 is 0 Å². The Balaban J connectivity index is 2.49. The van der Waals surface area contributed by atoms with Crippen LogP contribution in [0.25, 0.3) is 0 Å². The van der Waals surface area contributed by atoms with Gasteiger partial charge in [0.05, 0.1) is 16.4 Å². The zero-order valence-corrected chi connectivity index (χ0v) is 5.83. The van der Waals surface area contributed by atoms with Crippen molar-refractivity contribution in [1.29, 1.82) is 0 Å². The van der Waals surface area contributed by atoms with Crippen molar-refractivity contribution in [3.8, 4) is 0 Å². The highest BCUT2D eigenvalue weighted by molar-refractivity contribution is 14.1. The van der Waals surface area contributed by atoms with E-state index in [1.54, 1.807) is 12.5 Å². The normalized spacial score (nSPS) is 19.6. The predicted molar refractivity (Wildman–Crippen MR) is 37.2 cm³/mol. The first-order valence-corrected chi connectivity index (χ1v) is 3.27. The second kappa shape index (κ2) is 2.35. The first kappa shape index (κ1) is 5.15. The average molecular weight is 208 g/mol. The summed E-state index contributed by atoms with van der Waals surface area (Å²) in [6.45, 7) is 0. The predicted octanol–water partition coefficient (Wildman–Crippen LogP) is 1.85. The molecule has 2 heteroatoms. The third kappa shape index (κ3) is 1.51. The molecule has 38 valence electrons. The summed E-state index contributed by atoms with van der Waals surface area (Å²) in [4.78, 5) is 0. The van der Waals surface area contributed by atoms with E-state index in [9.17, 15) is 0 Å². The van der Waals surface area contributed by atoms with Crippen LogP contribution in [0, 0.1) is 0 Å². The number of hydrogen-bond donors (Lipinski definition) is 0. The number of rotatable bonds is 0. The monoisotopic (exact) mass is 208 g/mol. The molecule has 7 heavy (non-hydrogen) atoms. The molecule has 1 heterocycles. The number of allylic oxidation sites excluding steroid dienone is 2. The van der Waals surface area contributed by atoms with E-state index in [1.165, 1.54) is 0 Å². The van der Waals surface area contributed by atoms with Crippen molar-refractivity contribution >= 4 is 22.6 Å². The van der Waals surface area contributed by atoms with Gasteiger partial charge in [0.15, 0.2) is 0 Å². The van der Waals surface area contributed by atoms with Gasteiger partial charge in [0, 0.05) is 0 Å². The minimum atomic E-state index is 0.520. The molecule has 1 aliphatic rings. The van der Waals surface area contributed by atoms with Gasteiger partial charge in [0.1, 0.15) is 0 Å².